The molecule has 100 valence electrons. The van der Waals surface area contributed by atoms with Crippen LogP contribution in [0.3, 0.4) is 0 Å². The maximum Gasteiger partial charge on any atom is 0.220 e. The van der Waals surface area contributed by atoms with Gasteiger partial charge in [-0.3, -0.25) is 4.79 Å². The average Bonchev–Trinajstić information content (AvgIpc) is 2.60. The molecule has 1 heterocycles. The number of hydrogen-bond donors (Lipinski definition) is 2. The summed E-state index contributed by atoms with van der Waals surface area (Å²) in [4.78, 5) is 11.9. The highest BCUT2D eigenvalue weighted by Gasteiger charge is 2.53. The molecule has 2 fully saturated rings. The van der Waals surface area contributed by atoms with E-state index in [1.54, 1.807) is 0 Å². The van der Waals surface area contributed by atoms with Crippen LogP contribution in [0.1, 0.15) is 34.1 Å². The Morgan fingerprint density at radius 3 is 2.35 bits per heavy atom. The SMILES string of the molecule is CC(CC(=O)NC1C2CNCC21)C(C)(C)C.Cl. The molecule has 0 aromatic rings. The van der Waals surface area contributed by atoms with Crippen molar-refractivity contribution in [3.05, 3.63) is 0 Å². The Morgan fingerprint density at radius 1 is 1.35 bits per heavy atom. The van der Waals surface area contributed by atoms with E-state index in [1.807, 2.05) is 0 Å². The molecule has 0 aromatic carbocycles. The van der Waals surface area contributed by atoms with Gasteiger partial charge >= 0.3 is 0 Å². The van der Waals surface area contributed by atoms with Crippen molar-refractivity contribution >= 4 is 18.3 Å². The van der Waals surface area contributed by atoms with Gasteiger partial charge in [-0.15, -0.1) is 12.4 Å². The quantitative estimate of drug-likeness (QED) is 0.813. The normalized spacial score (nSPS) is 32.4. The smallest absolute Gasteiger partial charge is 0.220 e. The number of amides is 1. The van der Waals surface area contributed by atoms with Gasteiger partial charge in [-0.1, -0.05) is 27.7 Å². The summed E-state index contributed by atoms with van der Waals surface area (Å²) in [5.74, 6) is 2.11. The molecule has 4 heteroatoms. The first-order valence-electron chi connectivity index (χ1n) is 6.39. The predicted octanol–water partition coefficient (Wildman–Crippen LogP) is 1.81. The van der Waals surface area contributed by atoms with E-state index < -0.39 is 0 Å². The number of piperidine rings is 1. The first-order valence-corrected chi connectivity index (χ1v) is 6.39. The summed E-state index contributed by atoms with van der Waals surface area (Å²) < 4.78 is 0. The van der Waals surface area contributed by atoms with E-state index in [9.17, 15) is 4.79 Å². The van der Waals surface area contributed by atoms with Crippen molar-refractivity contribution in [2.75, 3.05) is 13.1 Å². The summed E-state index contributed by atoms with van der Waals surface area (Å²) in [5, 5.41) is 6.52. The zero-order chi connectivity index (χ0) is 11.9. The van der Waals surface area contributed by atoms with Gasteiger partial charge in [0, 0.05) is 25.6 Å². The highest BCUT2D eigenvalue weighted by Crippen LogP contribution is 2.41. The third kappa shape index (κ3) is 3.35. The van der Waals surface area contributed by atoms with Gasteiger partial charge in [-0.25, -0.2) is 0 Å². The van der Waals surface area contributed by atoms with Crippen LogP contribution in [0.2, 0.25) is 0 Å². The zero-order valence-corrected chi connectivity index (χ0v) is 12.1. The topological polar surface area (TPSA) is 41.1 Å². The van der Waals surface area contributed by atoms with E-state index in [4.69, 9.17) is 0 Å². The van der Waals surface area contributed by atoms with Crippen LogP contribution in [0.5, 0.6) is 0 Å². The van der Waals surface area contributed by atoms with Crippen LogP contribution in [0.4, 0.5) is 0 Å². The molecule has 2 N–H and O–H groups in total. The summed E-state index contributed by atoms with van der Waals surface area (Å²) >= 11 is 0. The molecule has 3 atom stereocenters. The van der Waals surface area contributed by atoms with Crippen molar-refractivity contribution in [2.45, 2.75) is 40.2 Å². The van der Waals surface area contributed by atoms with Crippen LogP contribution in [-0.2, 0) is 4.79 Å². The standard InChI is InChI=1S/C13H24N2O.ClH/c1-8(13(2,3)4)5-11(16)15-12-9-6-14-7-10(9)12;/h8-10,12,14H,5-7H2,1-4H3,(H,15,16);1H. The van der Waals surface area contributed by atoms with Gasteiger partial charge in [0.2, 0.25) is 5.91 Å². The second-order valence-corrected chi connectivity index (χ2v) is 6.55. The van der Waals surface area contributed by atoms with E-state index in [1.165, 1.54) is 0 Å². The van der Waals surface area contributed by atoms with Gasteiger partial charge in [0.25, 0.3) is 0 Å². The summed E-state index contributed by atoms with van der Waals surface area (Å²) in [6.45, 7) is 10.9. The highest BCUT2D eigenvalue weighted by molar-refractivity contribution is 5.85. The van der Waals surface area contributed by atoms with Crippen molar-refractivity contribution in [1.82, 2.24) is 10.6 Å². The van der Waals surface area contributed by atoms with Crippen LogP contribution in [0, 0.1) is 23.2 Å². The molecule has 2 aliphatic rings. The van der Waals surface area contributed by atoms with Crippen LogP contribution in [0.25, 0.3) is 0 Å². The molecular weight excluding hydrogens is 236 g/mol. The van der Waals surface area contributed by atoms with E-state index >= 15 is 0 Å². The van der Waals surface area contributed by atoms with E-state index in [0.29, 0.717) is 30.2 Å². The van der Waals surface area contributed by atoms with Gasteiger partial charge in [0.15, 0.2) is 0 Å². The van der Waals surface area contributed by atoms with Crippen LogP contribution < -0.4 is 10.6 Å². The predicted molar refractivity (Wildman–Crippen MR) is 72.3 cm³/mol. The summed E-state index contributed by atoms with van der Waals surface area (Å²) in [6.07, 6.45) is 0.660. The molecule has 0 aromatic heterocycles. The van der Waals surface area contributed by atoms with Crippen molar-refractivity contribution in [2.24, 2.45) is 23.2 Å². The fourth-order valence-corrected chi connectivity index (χ4v) is 2.46. The minimum Gasteiger partial charge on any atom is -0.353 e. The second kappa shape index (κ2) is 5.15. The maximum absolute atomic E-state index is 11.9. The molecule has 0 bridgehead atoms. The van der Waals surface area contributed by atoms with E-state index in [2.05, 4.69) is 38.3 Å². The van der Waals surface area contributed by atoms with E-state index in [0.717, 1.165) is 13.1 Å². The van der Waals surface area contributed by atoms with Gasteiger partial charge < -0.3 is 10.6 Å². The van der Waals surface area contributed by atoms with Crippen molar-refractivity contribution in [3.63, 3.8) is 0 Å². The molecule has 0 radical (unpaired) electrons. The monoisotopic (exact) mass is 260 g/mol. The van der Waals surface area contributed by atoms with Crippen molar-refractivity contribution < 1.29 is 4.79 Å². The Kier molecular flexibility index (Phi) is 4.48. The number of halogens is 1. The third-order valence-electron chi connectivity index (χ3n) is 4.39. The Bertz CT molecular complexity index is 278. The molecule has 1 amide bonds. The molecular formula is C13H25ClN2O. The minimum atomic E-state index is 0. The van der Waals surface area contributed by atoms with Gasteiger partial charge in [-0.05, 0) is 23.2 Å². The lowest BCUT2D eigenvalue weighted by molar-refractivity contribution is -0.123. The largest absolute Gasteiger partial charge is 0.353 e. The lowest BCUT2D eigenvalue weighted by Gasteiger charge is -2.26. The Labute approximate surface area is 111 Å². The Morgan fingerprint density at radius 2 is 1.88 bits per heavy atom. The summed E-state index contributed by atoms with van der Waals surface area (Å²) in [5.41, 5.74) is 0.221. The number of hydrogen-bond acceptors (Lipinski definition) is 2. The molecule has 1 saturated carbocycles. The molecule has 1 saturated heterocycles. The molecule has 3 nitrogen and oxygen atoms in total. The third-order valence-corrected chi connectivity index (χ3v) is 4.39. The molecule has 17 heavy (non-hydrogen) atoms. The van der Waals surface area contributed by atoms with Crippen LogP contribution in [-0.4, -0.2) is 25.0 Å². The van der Waals surface area contributed by atoms with Crippen molar-refractivity contribution in [3.8, 4) is 0 Å². The fourth-order valence-electron chi connectivity index (χ4n) is 2.46. The average molecular weight is 261 g/mol. The number of fused-ring (bicyclic) bond motifs is 1. The summed E-state index contributed by atoms with van der Waals surface area (Å²) in [7, 11) is 0. The number of nitrogens with one attached hydrogen (secondary N) is 2. The van der Waals surface area contributed by atoms with E-state index in [-0.39, 0.29) is 23.7 Å². The highest BCUT2D eigenvalue weighted by atomic mass is 35.5. The molecule has 0 spiro atoms. The molecule has 3 unspecified atom stereocenters. The Hall–Kier alpha value is -0.280. The molecule has 1 aliphatic carbocycles. The molecule has 1 aliphatic heterocycles. The first-order chi connectivity index (χ1) is 7.39. The zero-order valence-electron chi connectivity index (χ0n) is 11.2. The molecule has 2 rings (SSSR count). The lowest BCUT2D eigenvalue weighted by atomic mass is 9.80. The van der Waals surface area contributed by atoms with Crippen LogP contribution >= 0.6 is 12.4 Å². The van der Waals surface area contributed by atoms with Crippen molar-refractivity contribution in [1.29, 1.82) is 0 Å². The van der Waals surface area contributed by atoms with Gasteiger partial charge in [0.05, 0.1) is 0 Å². The van der Waals surface area contributed by atoms with Gasteiger partial charge in [0.1, 0.15) is 0 Å². The van der Waals surface area contributed by atoms with Gasteiger partial charge in [-0.2, -0.15) is 0 Å². The summed E-state index contributed by atoms with van der Waals surface area (Å²) in [6, 6.07) is 0.473. The minimum absolute atomic E-state index is 0. The number of carbonyl (C=O) groups is 1. The number of rotatable bonds is 3. The fraction of sp³-hybridized carbons (Fsp3) is 0.923. The lowest BCUT2D eigenvalue weighted by Crippen LogP contribution is -2.34. The maximum atomic E-state index is 11.9. The number of carbonyl (C=O) groups excluding carboxylic acids is 1. The first kappa shape index (κ1) is 14.8. The van der Waals surface area contributed by atoms with Crippen LogP contribution in [0.15, 0.2) is 0 Å². The Balaban J connectivity index is 0.00000144. The second-order valence-electron chi connectivity index (χ2n) is 6.55.